The average molecular weight is 270 g/mol. The molecule has 0 atom stereocenters. The van der Waals surface area contributed by atoms with Gasteiger partial charge >= 0.3 is 0 Å². The Balaban J connectivity index is 2.02. The molecule has 0 unspecified atom stereocenters. The van der Waals surface area contributed by atoms with Crippen LogP contribution in [0.5, 0.6) is 0 Å². The van der Waals surface area contributed by atoms with Crippen molar-refractivity contribution in [2.24, 2.45) is 0 Å². The highest BCUT2D eigenvalue weighted by molar-refractivity contribution is 5.34. The van der Waals surface area contributed by atoms with E-state index in [-0.39, 0.29) is 0 Å². The molecular formula is C16H22N4. The van der Waals surface area contributed by atoms with Crippen LogP contribution in [0.1, 0.15) is 23.6 Å². The minimum Gasteiger partial charge on any atom is -0.340 e. The van der Waals surface area contributed by atoms with Crippen LogP contribution in [0.25, 0.3) is 0 Å². The number of aromatic nitrogens is 2. The smallest absolute Gasteiger partial charge is 0.225 e. The molecule has 0 aliphatic rings. The quantitative estimate of drug-likeness (QED) is 0.876. The molecule has 0 aliphatic heterocycles. The van der Waals surface area contributed by atoms with Gasteiger partial charge in [0.2, 0.25) is 5.95 Å². The summed E-state index contributed by atoms with van der Waals surface area (Å²) in [6, 6.07) is 8.40. The second-order valence-corrected chi connectivity index (χ2v) is 4.95. The Labute approximate surface area is 120 Å². The maximum atomic E-state index is 4.43. The third kappa shape index (κ3) is 3.78. The van der Waals surface area contributed by atoms with Crippen molar-refractivity contribution < 1.29 is 0 Å². The standard InChI is InChI=1S/C16H22N4/c1-4-17-9-14-10-18-16(19-11-14)20(3)12-15-8-6-5-7-13(15)2/h5-8,10-11,17H,4,9,12H2,1-3H3. The van der Waals surface area contributed by atoms with Crippen LogP contribution < -0.4 is 10.2 Å². The summed E-state index contributed by atoms with van der Waals surface area (Å²) in [6.45, 7) is 6.81. The molecule has 0 amide bonds. The summed E-state index contributed by atoms with van der Waals surface area (Å²) in [5, 5.41) is 3.27. The molecule has 4 heteroatoms. The summed E-state index contributed by atoms with van der Waals surface area (Å²) in [7, 11) is 2.02. The van der Waals surface area contributed by atoms with E-state index in [2.05, 4.69) is 58.3 Å². The van der Waals surface area contributed by atoms with Gasteiger partial charge in [-0.25, -0.2) is 9.97 Å². The van der Waals surface area contributed by atoms with E-state index >= 15 is 0 Å². The van der Waals surface area contributed by atoms with E-state index in [1.165, 1.54) is 11.1 Å². The van der Waals surface area contributed by atoms with Gasteiger partial charge in [-0.2, -0.15) is 0 Å². The zero-order valence-corrected chi connectivity index (χ0v) is 12.4. The van der Waals surface area contributed by atoms with E-state index in [0.29, 0.717) is 0 Å². The normalized spacial score (nSPS) is 10.6. The third-order valence-corrected chi connectivity index (χ3v) is 3.28. The summed E-state index contributed by atoms with van der Waals surface area (Å²) < 4.78 is 0. The van der Waals surface area contributed by atoms with Crippen molar-refractivity contribution >= 4 is 5.95 Å². The Morgan fingerprint density at radius 1 is 1.15 bits per heavy atom. The fourth-order valence-corrected chi connectivity index (χ4v) is 2.02. The van der Waals surface area contributed by atoms with E-state index in [0.717, 1.165) is 31.1 Å². The molecule has 1 N–H and O–H groups in total. The van der Waals surface area contributed by atoms with Gasteiger partial charge in [0.05, 0.1) is 0 Å². The van der Waals surface area contributed by atoms with Gasteiger partial charge in [0.15, 0.2) is 0 Å². The molecule has 0 radical (unpaired) electrons. The van der Waals surface area contributed by atoms with Gasteiger partial charge in [-0.05, 0) is 24.6 Å². The Hall–Kier alpha value is -1.94. The third-order valence-electron chi connectivity index (χ3n) is 3.28. The first-order chi connectivity index (χ1) is 9.70. The van der Waals surface area contributed by atoms with Crippen LogP contribution in [0.4, 0.5) is 5.95 Å². The van der Waals surface area contributed by atoms with Gasteiger partial charge in [-0.3, -0.25) is 0 Å². The fourth-order valence-electron chi connectivity index (χ4n) is 2.02. The molecule has 20 heavy (non-hydrogen) atoms. The molecule has 106 valence electrons. The number of nitrogens with zero attached hydrogens (tertiary/aromatic N) is 3. The van der Waals surface area contributed by atoms with E-state index < -0.39 is 0 Å². The van der Waals surface area contributed by atoms with Crippen LogP contribution in [-0.2, 0) is 13.1 Å². The Morgan fingerprint density at radius 3 is 2.50 bits per heavy atom. The first-order valence-electron chi connectivity index (χ1n) is 6.98. The van der Waals surface area contributed by atoms with E-state index in [9.17, 15) is 0 Å². The van der Waals surface area contributed by atoms with Crippen molar-refractivity contribution in [1.29, 1.82) is 0 Å². The van der Waals surface area contributed by atoms with Crippen molar-refractivity contribution in [3.63, 3.8) is 0 Å². The molecule has 1 heterocycles. The molecular weight excluding hydrogens is 248 g/mol. The lowest BCUT2D eigenvalue weighted by Gasteiger charge is -2.18. The second kappa shape index (κ2) is 7.01. The lowest BCUT2D eigenvalue weighted by molar-refractivity contribution is 0.719. The molecule has 0 saturated heterocycles. The molecule has 0 saturated carbocycles. The molecule has 4 nitrogen and oxygen atoms in total. The highest BCUT2D eigenvalue weighted by atomic mass is 15.2. The summed E-state index contributed by atoms with van der Waals surface area (Å²) in [4.78, 5) is 10.9. The van der Waals surface area contributed by atoms with Crippen molar-refractivity contribution in [3.05, 3.63) is 53.3 Å². The molecule has 1 aromatic heterocycles. The predicted octanol–water partition coefficient (Wildman–Crippen LogP) is 2.53. The van der Waals surface area contributed by atoms with Gasteiger partial charge in [-0.1, -0.05) is 31.2 Å². The van der Waals surface area contributed by atoms with E-state index in [1.807, 2.05) is 19.4 Å². The minimum absolute atomic E-state index is 0.758. The number of anilines is 1. The van der Waals surface area contributed by atoms with Gasteiger partial charge in [-0.15, -0.1) is 0 Å². The number of aryl methyl sites for hydroxylation is 1. The summed E-state index contributed by atoms with van der Waals surface area (Å²) in [6.07, 6.45) is 3.78. The van der Waals surface area contributed by atoms with Gasteiger partial charge in [0.1, 0.15) is 0 Å². The Morgan fingerprint density at radius 2 is 1.85 bits per heavy atom. The lowest BCUT2D eigenvalue weighted by atomic mass is 10.1. The SMILES string of the molecule is CCNCc1cnc(N(C)Cc2ccccc2C)nc1. The minimum atomic E-state index is 0.758. The molecule has 0 bridgehead atoms. The van der Waals surface area contributed by atoms with Crippen LogP contribution in [0.2, 0.25) is 0 Å². The summed E-state index contributed by atoms with van der Waals surface area (Å²) >= 11 is 0. The van der Waals surface area contributed by atoms with Crippen LogP contribution >= 0.6 is 0 Å². The van der Waals surface area contributed by atoms with Crippen molar-refractivity contribution in [3.8, 4) is 0 Å². The molecule has 0 aliphatic carbocycles. The first-order valence-corrected chi connectivity index (χ1v) is 6.98. The molecule has 0 fully saturated rings. The molecule has 2 rings (SSSR count). The zero-order chi connectivity index (χ0) is 14.4. The summed E-state index contributed by atoms with van der Waals surface area (Å²) in [5.74, 6) is 0.758. The van der Waals surface area contributed by atoms with Crippen LogP contribution in [0.15, 0.2) is 36.7 Å². The van der Waals surface area contributed by atoms with E-state index in [1.54, 1.807) is 0 Å². The number of benzene rings is 1. The monoisotopic (exact) mass is 270 g/mol. The molecule has 0 spiro atoms. The number of hydrogen-bond acceptors (Lipinski definition) is 4. The number of hydrogen-bond donors (Lipinski definition) is 1. The maximum absolute atomic E-state index is 4.43. The van der Waals surface area contributed by atoms with Crippen LogP contribution in [0, 0.1) is 6.92 Å². The Bertz CT molecular complexity index is 536. The van der Waals surface area contributed by atoms with Gasteiger partial charge in [0, 0.05) is 38.1 Å². The highest BCUT2D eigenvalue weighted by Crippen LogP contribution is 2.13. The number of rotatable bonds is 6. The summed E-state index contributed by atoms with van der Waals surface area (Å²) in [5.41, 5.74) is 3.71. The highest BCUT2D eigenvalue weighted by Gasteiger charge is 2.06. The number of nitrogens with one attached hydrogen (secondary N) is 1. The molecule has 2 aromatic rings. The lowest BCUT2D eigenvalue weighted by Crippen LogP contribution is -2.20. The second-order valence-electron chi connectivity index (χ2n) is 4.95. The van der Waals surface area contributed by atoms with Crippen molar-refractivity contribution in [2.45, 2.75) is 26.9 Å². The zero-order valence-electron chi connectivity index (χ0n) is 12.4. The van der Waals surface area contributed by atoms with Crippen molar-refractivity contribution in [1.82, 2.24) is 15.3 Å². The van der Waals surface area contributed by atoms with Gasteiger partial charge in [0.25, 0.3) is 0 Å². The van der Waals surface area contributed by atoms with Crippen molar-refractivity contribution in [2.75, 3.05) is 18.5 Å². The van der Waals surface area contributed by atoms with Crippen LogP contribution in [-0.4, -0.2) is 23.6 Å². The van der Waals surface area contributed by atoms with E-state index in [4.69, 9.17) is 0 Å². The van der Waals surface area contributed by atoms with Crippen LogP contribution in [0.3, 0.4) is 0 Å². The largest absolute Gasteiger partial charge is 0.340 e. The Kier molecular flexibility index (Phi) is 5.07. The fraction of sp³-hybridized carbons (Fsp3) is 0.375. The molecule has 1 aromatic carbocycles. The topological polar surface area (TPSA) is 41.1 Å². The maximum Gasteiger partial charge on any atom is 0.225 e. The van der Waals surface area contributed by atoms with Gasteiger partial charge < -0.3 is 10.2 Å². The average Bonchev–Trinajstić information content (AvgIpc) is 2.48. The first kappa shape index (κ1) is 14.5. The predicted molar refractivity (Wildman–Crippen MR) is 82.7 cm³/mol.